The summed E-state index contributed by atoms with van der Waals surface area (Å²) in [6.45, 7) is 13.0. The maximum Gasteiger partial charge on any atom is 0.169 e. The Kier molecular flexibility index (Phi) is 10.1. The van der Waals surface area contributed by atoms with Gasteiger partial charge in [0.1, 0.15) is 10.5 Å². The number of benzene rings is 1. The molecule has 0 bridgehead atoms. The fourth-order valence-electron chi connectivity index (χ4n) is 1.47. The van der Waals surface area contributed by atoms with Crippen molar-refractivity contribution in [3.8, 4) is 0 Å². The molecule has 1 aromatic carbocycles. The molecule has 2 nitrogen and oxygen atoms in total. The lowest BCUT2D eigenvalue weighted by molar-refractivity contribution is 1.00. The first-order valence-corrected chi connectivity index (χ1v) is 7.97. The Balaban J connectivity index is 0.000000741. The van der Waals surface area contributed by atoms with Crippen molar-refractivity contribution in [2.75, 3.05) is 0 Å². The van der Waals surface area contributed by atoms with E-state index < -0.39 is 0 Å². The smallest absolute Gasteiger partial charge is 0.147 e. The molecule has 2 rings (SSSR count). The van der Waals surface area contributed by atoms with Gasteiger partial charge in [-0.1, -0.05) is 71.1 Å². The lowest BCUT2D eigenvalue weighted by Crippen LogP contribution is -2.21. The zero-order chi connectivity index (χ0) is 14.7. The average Bonchev–Trinajstić information content (AvgIpc) is 2.97. The lowest BCUT2D eigenvalue weighted by atomic mass is 9.49. The molecule has 0 saturated carbocycles. The molecule has 19 heavy (non-hydrogen) atoms. The molecule has 0 fully saturated rings. The van der Waals surface area contributed by atoms with Crippen molar-refractivity contribution in [1.82, 2.24) is 10.2 Å². The molecule has 0 radical (unpaired) electrons. The van der Waals surface area contributed by atoms with E-state index in [9.17, 15) is 0 Å². The summed E-state index contributed by atoms with van der Waals surface area (Å²) in [5, 5.41) is 8.95. The first kappa shape index (κ1) is 17.8. The van der Waals surface area contributed by atoms with Gasteiger partial charge in [0.25, 0.3) is 0 Å². The minimum absolute atomic E-state index is 0.598. The molecule has 0 spiro atoms. The quantitative estimate of drug-likeness (QED) is 0.787. The van der Waals surface area contributed by atoms with Crippen LogP contribution >= 0.6 is 11.3 Å². The van der Waals surface area contributed by atoms with Gasteiger partial charge < -0.3 is 0 Å². The summed E-state index contributed by atoms with van der Waals surface area (Å²) >= 11 is 1.61. The highest BCUT2D eigenvalue weighted by Gasteiger charge is 2.03. The molecular formula is C15H25BN2S. The van der Waals surface area contributed by atoms with Crippen LogP contribution in [0.3, 0.4) is 0 Å². The second-order valence-electron chi connectivity index (χ2n) is 3.91. The number of hydrogen-bond acceptors (Lipinski definition) is 3. The van der Waals surface area contributed by atoms with Gasteiger partial charge >= 0.3 is 0 Å². The minimum atomic E-state index is 0.598. The molecule has 0 saturated heterocycles. The first-order chi connectivity index (χ1) is 9.25. The van der Waals surface area contributed by atoms with E-state index in [0.29, 0.717) is 6.71 Å². The largest absolute Gasteiger partial charge is 0.169 e. The van der Waals surface area contributed by atoms with Crippen LogP contribution in [0.2, 0.25) is 13.6 Å². The Hall–Kier alpha value is -1.16. The highest BCUT2D eigenvalue weighted by atomic mass is 32.1. The molecule has 0 amide bonds. The summed E-state index contributed by atoms with van der Waals surface area (Å²) in [6, 6.07) is 8.75. The molecule has 0 aliphatic heterocycles. The molecule has 4 heteroatoms. The predicted molar refractivity (Wildman–Crippen MR) is 89.0 cm³/mol. The molecular weight excluding hydrogens is 251 g/mol. The average molecular weight is 276 g/mol. The second-order valence-corrected chi connectivity index (χ2v) is 4.82. The van der Waals surface area contributed by atoms with Crippen molar-refractivity contribution in [2.45, 2.75) is 47.8 Å². The Morgan fingerprint density at radius 3 is 2.00 bits per heavy atom. The van der Waals surface area contributed by atoms with Crippen molar-refractivity contribution in [1.29, 1.82) is 0 Å². The van der Waals surface area contributed by atoms with Gasteiger partial charge in [-0.3, -0.25) is 0 Å². The number of rotatable bonds is 3. The van der Waals surface area contributed by atoms with Crippen LogP contribution in [0, 0.1) is 0 Å². The van der Waals surface area contributed by atoms with Crippen LogP contribution in [-0.4, -0.2) is 16.9 Å². The summed E-state index contributed by atoms with van der Waals surface area (Å²) < 4.78 is 0. The molecule has 0 N–H and O–H groups in total. The van der Waals surface area contributed by atoms with E-state index >= 15 is 0 Å². The van der Waals surface area contributed by atoms with Gasteiger partial charge in [-0.05, 0) is 5.56 Å². The van der Waals surface area contributed by atoms with Crippen LogP contribution in [-0.2, 0) is 6.42 Å². The zero-order valence-electron chi connectivity index (χ0n) is 13.0. The van der Waals surface area contributed by atoms with Gasteiger partial charge in [0, 0.05) is 6.42 Å². The Bertz CT molecular complexity index is 410. The van der Waals surface area contributed by atoms with E-state index in [4.69, 9.17) is 0 Å². The third-order valence-corrected chi connectivity index (χ3v) is 3.10. The second kappa shape index (κ2) is 10.7. The Morgan fingerprint density at radius 1 is 1.00 bits per heavy atom. The topological polar surface area (TPSA) is 25.8 Å². The van der Waals surface area contributed by atoms with Crippen LogP contribution in [0.15, 0.2) is 29.8 Å². The molecule has 0 atom stereocenters. The van der Waals surface area contributed by atoms with Gasteiger partial charge in [0.15, 0.2) is 6.71 Å². The third kappa shape index (κ3) is 6.53. The minimum Gasteiger partial charge on any atom is -0.147 e. The Labute approximate surface area is 122 Å². The molecule has 1 heterocycles. The van der Waals surface area contributed by atoms with Crippen LogP contribution in [0.25, 0.3) is 0 Å². The third-order valence-electron chi connectivity index (χ3n) is 2.41. The van der Waals surface area contributed by atoms with E-state index in [2.05, 4.69) is 48.1 Å². The van der Waals surface area contributed by atoms with Crippen molar-refractivity contribution >= 4 is 23.5 Å². The van der Waals surface area contributed by atoms with Crippen LogP contribution in [0.5, 0.6) is 0 Å². The van der Waals surface area contributed by atoms with E-state index in [0.717, 1.165) is 11.4 Å². The monoisotopic (exact) mass is 276 g/mol. The van der Waals surface area contributed by atoms with Gasteiger partial charge in [-0.25, -0.2) is 0 Å². The molecule has 0 aliphatic carbocycles. The predicted octanol–water partition coefficient (Wildman–Crippen LogP) is 4.14. The summed E-state index contributed by atoms with van der Waals surface area (Å²) in [5.74, 6) is 0. The summed E-state index contributed by atoms with van der Waals surface area (Å²) in [5.41, 5.74) is 4.46. The van der Waals surface area contributed by atoms with Crippen molar-refractivity contribution < 1.29 is 0 Å². The molecule has 1 aromatic heterocycles. The van der Waals surface area contributed by atoms with E-state index in [1.54, 1.807) is 16.8 Å². The number of nitrogens with zero attached hydrogens (tertiary/aromatic N) is 2. The Morgan fingerprint density at radius 2 is 1.58 bits per heavy atom. The molecule has 0 unspecified atom stereocenters. The number of aromatic nitrogens is 2. The molecule has 0 aliphatic rings. The zero-order valence-corrected chi connectivity index (χ0v) is 13.8. The van der Waals surface area contributed by atoms with Crippen LogP contribution in [0.1, 0.15) is 38.3 Å². The normalized spacial score (nSPS) is 8.74. The van der Waals surface area contributed by atoms with E-state index in [1.807, 2.05) is 27.7 Å². The fraction of sp³-hybridized carbons (Fsp3) is 0.467. The summed E-state index contributed by atoms with van der Waals surface area (Å²) in [6.07, 6.45) is 0.892. The van der Waals surface area contributed by atoms with Gasteiger partial charge in [-0.2, -0.15) is 0 Å². The number of hydrogen-bond donors (Lipinski definition) is 0. The van der Waals surface area contributed by atoms with E-state index in [-0.39, 0.29) is 0 Å². The summed E-state index contributed by atoms with van der Waals surface area (Å²) in [7, 11) is 0. The first-order valence-electron chi connectivity index (χ1n) is 7.09. The van der Waals surface area contributed by atoms with Crippen LogP contribution in [0.4, 0.5) is 0 Å². The van der Waals surface area contributed by atoms with Gasteiger partial charge in [0.2, 0.25) is 0 Å². The highest BCUT2D eigenvalue weighted by Crippen LogP contribution is 2.09. The van der Waals surface area contributed by atoms with Crippen LogP contribution < -0.4 is 5.46 Å². The van der Waals surface area contributed by atoms with Crippen molar-refractivity contribution in [2.24, 2.45) is 0 Å². The maximum atomic E-state index is 4.04. The highest BCUT2D eigenvalue weighted by molar-refractivity contribution is 7.09. The van der Waals surface area contributed by atoms with Gasteiger partial charge in [0.05, 0.1) is 0 Å². The summed E-state index contributed by atoms with van der Waals surface area (Å²) in [4.78, 5) is 0. The fourth-order valence-corrected chi connectivity index (χ4v) is 2.03. The molecule has 104 valence electrons. The van der Waals surface area contributed by atoms with E-state index in [1.165, 1.54) is 11.0 Å². The molecule has 2 aromatic rings. The van der Waals surface area contributed by atoms with Gasteiger partial charge in [-0.15, -0.1) is 21.5 Å². The lowest BCUT2D eigenvalue weighted by Gasteiger charge is -2.03. The SMILES string of the molecule is CB(C)c1ccc(Cc2nncs2)cc1.CC.CC. The standard InChI is InChI=1S/C11H13BN2S.2C2H6/c1-12(2)10-5-3-9(4-6-10)7-11-14-13-8-15-11;2*1-2/h3-6,8H,7H2,1-2H3;2*1-2H3. The van der Waals surface area contributed by atoms with Crippen molar-refractivity contribution in [3.63, 3.8) is 0 Å². The maximum absolute atomic E-state index is 4.04. The van der Waals surface area contributed by atoms with Crippen molar-refractivity contribution in [3.05, 3.63) is 40.3 Å².